The zero-order valence-electron chi connectivity index (χ0n) is 30.9. The molecule has 0 radical (unpaired) electrons. The van der Waals surface area contributed by atoms with Crippen molar-refractivity contribution in [2.75, 3.05) is 27.4 Å². The van der Waals surface area contributed by atoms with Gasteiger partial charge in [0.2, 0.25) is 5.60 Å². The number of ether oxygens (including phenoxy) is 10. The molecule has 8 rings (SSSR count). The first-order valence-corrected chi connectivity index (χ1v) is 18.5. The smallest absolute Gasteiger partial charge is 0.344 e. The molecule has 1 N–H and O–H groups in total. The molecule has 55 heavy (non-hydrogen) atoms. The van der Waals surface area contributed by atoms with E-state index in [1.54, 1.807) is 7.11 Å². The Labute approximate surface area is 321 Å². The van der Waals surface area contributed by atoms with Crippen LogP contribution >= 0.6 is 0 Å². The van der Waals surface area contributed by atoms with Gasteiger partial charge in [-0.25, -0.2) is 4.79 Å². The molecule has 4 saturated heterocycles. The minimum atomic E-state index is -1.94. The van der Waals surface area contributed by atoms with Crippen molar-refractivity contribution in [3.05, 3.63) is 144 Å². The van der Waals surface area contributed by atoms with Gasteiger partial charge in [0, 0.05) is 14.2 Å². The summed E-state index contributed by atoms with van der Waals surface area (Å²) in [6, 6.07) is 38.5. The number of fused-ring (bicyclic) bond motifs is 3. The highest BCUT2D eigenvalue weighted by Gasteiger charge is 2.66. The van der Waals surface area contributed by atoms with Crippen LogP contribution < -0.4 is 0 Å². The SMILES string of the molecule is CO[C@H]1O[C@H](COCc2ccccc2)[C@@H](O[C@@H]2O[C@]3(C(=O)OCc4ccccc4)CO[C@H]2[C@@H](OC)[C@@H]3O)[C@H](OCc2ccccc2)[C@H]1OCc1ccccc1. The second-order valence-electron chi connectivity index (χ2n) is 13.8. The van der Waals surface area contributed by atoms with E-state index in [1.807, 2.05) is 121 Å². The van der Waals surface area contributed by atoms with E-state index in [0.717, 1.165) is 22.3 Å². The molecule has 4 fully saturated rings. The molecular formula is C43H48O12. The molecule has 4 heterocycles. The minimum Gasteiger partial charge on any atom is -0.459 e. The lowest BCUT2D eigenvalue weighted by Gasteiger charge is -2.55. The Balaban J connectivity index is 1.19. The average Bonchev–Trinajstić information content (AvgIpc) is 3.24. The lowest BCUT2D eigenvalue weighted by Crippen LogP contribution is -2.76. The third-order valence-corrected chi connectivity index (χ3v) is 10.1. The molecule has 0 aliphatic carbocycles. The Morgan fingerprint density at radius 1 is 0.655 bits per heavy atom. The van der Waals surface area contributed by atoms with E-state index in [-0.39, 0.29) is 33.0 Å². The summed E-state index contributed by atoms with van der Waals surface area (Å²) in [5.74, 6) is -0.805. The highest BCUT2D eigenvalue weighted by atomic mass is 16.8. The standard InChI is InChI=1S/C43H48O12/c1-46-36-38-41(55-43(28-52-38,39(36)44)42(45)51-26-32-21-13-6-14-22-32)54-34-33(27-48-23-29-15-7-3-8-16-29)53-40(47-2)37(50-25-31-19-11-5-12-20-31)35(34)49-24-30-17-9-4-10-18-30/h3-22,33-41,44H,23-28H2,1-2H3/t33-,34-,35+,36-,37-,38+,39+,40+,41-,43-/m1/s1. The van der Waals surface area contributed by atoms with Gasteiger partial charge in [-0.15, -0.1) is 0 Å². The first-order chi connectivity index (χ1) is 27.0. The van der Waals surface area contributed by atoms with Crippen LogP contribution in [0, 0.1) is 0 Å². The molecule has 4 aromatic rings. The van der Waals surface area contributed by atoms with Crippen LogP contribution in [-0.4, -0.2) is 99.4 Å². The van der Waals surface area contributed by atoms with Crippen molar-refractivity contribution in [3.63, 3.8) is 0 Å². The van der Waals surface area contributed by atoms with Crippen LogP contribution in [-0.2, 0) is 78.6 Å². The second kappa shape index (κ2) is 18.7. The van der Waals surface area contributed by atoms with Gasteiger partial charge in [-0.05, 0) is 22.3 Å². The highest BCUT2D eigenvalue weighted by Crippen LogP contribution is 2.42. The number of aliphatic hydroxyl groups is 1. The van der Waals surface area contributed by atoms with Crippen LogP contribution in [0.2, 0.25) is 0 Å². The van der Waals surface area contributed by atoms with Crippen LogP contribution in [0.4, 0.5) is 0 Å². The van der Waals surface area contributed by atoms with Gasteiger partial charge >= 0.3 is 5.97 Å². The quantitative estimate of drug-likeness (QED) is 0.150. The third-order valence-electron chi connectivity index (χ3n) is 10.1. The number of rotatable bonds is 17. The molecule has 0 aromatic heterocycles. The summed E-state index contributed by atoms with van der Waals surface area (Å²) in [4.78, 5) is 13.9. The molecule has 4 aliphatic rings. The summed E-state index contributed by atoms with van der Waals surface area (Å²) < 4.78 is 63.0. The Hall–Kier alpha value is -4.05. The van der Waals surface area contributed by atoms with Gasteiger partial charge in [0.1, 0.15) is 49.3 Å². The average molecular weight is 757 g/mol. The third kappa shape index (κ3) is 9.16. The largest absolute Gasteiger partial charge is 0.459 e. The van der Waals surface area contributed by atoms with E-state index in [9.17, 15) is 9.90 Å². The molecule has 0 spiro atoms. The molecule has 4 aliphatic heterocycles. The highest BCUT2D eigenvalue weighted by molar-refractivity contribution is 5.81. The zero-order chi connectivity index (χ0) is 38.0. The maximum absolute atomic E-state index is 13.9. The van der Waals surface area contributed by atoms with E-state index in [1.165, 1.54) is 7.11 Å². The maximum atomic E-state index is 13.9. The van der Waals surface area contributed by atoms with Crippen molar-refractivity contribution in [2.24, 2.45) is 0 Å². The Morgan fingerprint density at radius 3 is 1.73 bits per heavy atom. The van der Waals surface area contributed by atoms with Crippen molar-refractivity contribution in [1.82, 2.24) is 0 Å². The summed E-state index contributed by atoms with van der Waals surface area (Å²) in [5.41, 5.74) is 1.68. The van der Waals surface area contributed by atoms with Crippen molar-refractivity contribution in [2.45, 2.75) is 87.3 Å². The van der Waals surface area contributed by atoms with Gasteiger partial charge < -0.3 is 52.5 Å². The van der Waals surface area contributed by atoms with E-state index < -0.39 is 66.9 Å². The van der Waals surface area contributed by atoms with E-state index in [0.29, 0.717) is 6.61 Å². The summed E-state index contributed by atoms with van der Waals surface area (Å²) in [7, 11) is 2.98. The number of methoxy groups -OCH3 is 2. The molecule has 2 bridgehead atoms. The summed E-state index contributed by atoms with van der Waals surface area (Å²) >= 11 is 0. The summed E-state index contributed by atoms with van der Waals surface area (Å²) in [6.45, 7) is 0.547. The molecule has 12 heteroatoms. The van der Waals surface area contributed by atoms with Crippen LogP contribution in [0.1, 0.15) is 22.3 Å². The number of carbonyl (C=O) groups excluding carboxylic acids is 1. The van der Waals surface area contributed by atoms with E-state index >= 15 is 0 Å². The normalized spacial score (nSPS) is 30.2. The van der Waals surface area contributed by atoms with Crippen molar-refractivity contribution in [1.29, 1.82) is 0 Å². The molecule has 10 atom stereocenters. The fourth-order valence-corrected chi connectivity index (χ4v) is 7.19. The summed E-state index contributed by atoms with van der Waals surface area (Å²) in [5, 5.41) is 11.5. The number of carbonyl (C=O) groups is 1. The van der Waals surface area contributed by atoms with Crippen LogP contribution in [0.3, 0.4) is 0 Å². The molecular weight excluding hydrogens is 708 g/mol. The zero-order valence-corrected chi connectivity index (χ0v) is 30.9. The summed E-state index contributed by atoms with van der Waals surface area (Å²) in [6.07, 6.45) is -8.73. The monoisotopic (exact) mass is 756 g/mol. The lowest BCUT2D eigenvalue weighted by atomic mass is 9.84. The Bertz CT molecular complexity index is 1750. The van der Waals surface area contributed by atoms with Gasteiger partial charge in [-0.2, -0.15) is 0 Å². The van der Waals surface area contributed by atoms with Crippen LogP contribution in [0.25, 0.3) is 0 Å². The van der Waals surface area contributed by atoms with Gasteiger partial charge in [0.15, 0.2) is 12.6 Å². The number of aliphatic hydroxyl groups excluding tert-OH is 1. The van der Waals surface area contributed by atoms with Crippen LogP contribution in [0.5, 0.6) is 0 Å². The maximum Gasteiger partial charge on any atom is 0.344 e. The van der Waals surface area contributed by atoms with Crippen molar-refractivity contribution >= 4 is 5.97 Å². The number of esters is 1. The topological polar surface area (TPSA) is 130 Å². The fraction of sp³-hybridized carbons (Fsp3) is 0.419. The van der Waals surface area contributed by atoms with E-state index in [2.05, 4.69) is 0 Å². The molecule has 4 aromatic carbocycles. The number of hydrogen-bond donors (Lipinski definition) is 1. The Kier molecular flexibility index (Phi) is 13.3. The van der Waals surface area contributed by atoms with Crippen molar-refractivity contribution < 1.29 is 57.3 Å². The van der Waals surface area contributed by atoms with Crippen molar-refractivity contribution in [3.8, 4) is 0 Å². The number of hydrogen-bond acceptors (Lipinski definition) is 12. The number of benzene rings is 4. The molecule has 0 unspecified atom stereocenters. The lowest BCUT2D eigenvalue weighted by molar-refractivity contribution is -0.411. The Morgan fingerprint density at radius 2 is 1.18 bits per heavy atom. The first-order valence-electron chi connectivity index (χ1n) is 18.5. The first kappa shape index (κ1) is 39.2. The van der Waals surface area contributed by atoms with Gasteiger partial charge in [0.25, 0.3) is 0 Å². The van der Waals surface area contributed by atoms with Gasteiger partial charge in [-0.3, -0.25) is 0 Å². The molecule has 292 valence electrons. The minimum absolute atomic E-state index is 0.0321. The molecule has 0 saturated carbocycles. The van der Waals surface area contributed by atoms with Gasteiger partial charge in [0.05, 0.1) is 33.0 Å². The fourth-order valence-electron chi connectivity index (χ4n) is 7.19. The predicted octanol–water partition coefficient (Wildman–Crippen LogP) is 4.74. The second-order valence-corrected chi connectivity index (χ2v) is 13.8. The molecule has 12 nitrogen and oxygen atoms in total. The predicted molar refractivity (Wildman–Crippen MR) is 197 cm³/mol. The van der Waals surface area contributed by atoms with Gasteiger partial charge in [-0.1, -0.05) is 121 Å². The van der Waals surface area contributed by atoms with Crippen LogP contribution in [0.15, 0.2) is 121 Å². The molecule has 0 amide bonds. The van der Waals surface area contributed by atoms with E-state index in [4.69, 9.17) is 47.4 Å².